The van der Waals surface area contributed by atoms with E-state index in [4.69, 9.17) is 9.47 Å². The van der Waals surface area contributed by atoms with Crippen LogP contribution in [-0.2, 0) is 23.9 Å². The van der Waals surface area contributed by atoms with Crippen molar-refractivity contribution in [2.45, 2.75) is 25.6 Å². The van der Waals surface area contributed by atoms with E-state index in [1.807, 2.05) is 6.08 Å². The molecule has 3 aliphatic heterocycles. The fourth-order valence-electron chi connectivity index (χ4n) is 4.32. The Kier molecular flexibility index (Phi) is 4.45. The van der Waals surface area contributed by atoms with Crippen molar-refractivity contribution in [2.75, 3.05) is 25.0 Å². The van der Waals surface area contributed by atoms with Crippen LogP contribution in [0, 0.1) is 24.6 Å². The Hall–Kier alpha value is -2.74. The molecule has 4 atom stereocenters. The van der Waals surface area contributed by atoms with Crippen molar-refractivity contribution in [1.29, 1.82) is 0 Å². The summed E-state index contributed by atoms with van der Waals surface area (Å²) in [6.07, 6.45) is 3.11. The number of carbonyl (C=O) groups excluding carboxylic acids is 3. The summed E-state index contributed by atoms with van der Waals surface area (Å²) in [6.45, 7) is 3.58. The van der Waals surface area contributed by atoms with Crippen LogP contribution in [0.1, 0.15) is 12.5 Å². The molecule has 0 aromatic heterocycles. The van der Waals surface area contributed by atoms with Gasteiger partial charge >= 0.3 is 5.97 Å². The minimum absolute atomic E-state index is 0.168. The van der Waals surface area contributed by atoms with Crippen molar-refractivity contribution in [3.63, 3.8) is 0 Å². The molecule has 0 aliphatic carbocycles. The number of rotatable bonds is 5. The Morgan fingerprint density at radius 3 is 2.93 bits per heavy atom. The molecule has 8 heteroatoms. The predicted molar refractivity (Wildman–Crippen MR) is 96.7 cm³/mol. The van der Waals surface area contributed by atoms with Crippen LogP contribution >= 0.6 is 0 Å². The molecule has 2 amide bonds. The first kappa shape index (κ1) is 18.6. The minimum Gasteiger partial charge on any atom is -0.465 e. The lowest BCUT2D eigenvalue weighted by molar-refractivity contribution is -0.148. The minimum atomic E-state index is -0.894. The van der Waals surface area contributed by atoms with E-state index in [0.717, 1.165) is 0 Å². The van der Waals surface area contributed by atoms with E-state index in [0.29, 0.717) is 11.3 Å². The Balaban J connectivity index is 1.53. The monoisotopic (exact) mass is 388 g/mol. The number of benzene rings is 1. The van der Waals surface area contributed by atoms with Gasteiger partial charge in [-0.1, -0.05) is 12.2 Å². The second-order valence-electron chi connectivity index (χ2n) is 7.35. The summed E-state index contributed by atoms with van der Waals surface area (Å²) in [7, 11) is 0. The number of esters is 1. The molecule has 28 heavy (non-hydrogen) atoms. The second kappa shape index (κ2) is 6.70. The van der Waals surface area contributed by atoms with Crippen LogP contribution in [0.2, 0.25) is 0 Å². The first-order valence-electron chi connectivity index (χ1n) is 9.23. The maximum absolute atomic E-state index is 13.5. The van der Waals surface area contributed by atoms with Gasteiger partial charge in [0.15, 0.2) is 0 Å². The number of likely N-dealkylation sites (tertiary alicyclic amines) is 1. The summed E-state index contributed by atoms with van der Waals surface area (Å²) >= 11 is 0. The highest BCUT2D eigenvalue weighted by atomic mass is 19.1. The van der Waals surface area contributed by atoms with Gasteiger partial charge in [-0.15, -0.1) is 0 Å². The van der Waals surface area contributed by atoms with E-state index < -0.39 is 29.5 Å². The lowest BCUT2D eigenvalue weighted by Gasteiger charge is -2.23. The molecule has 2 saturated heterocycles. The first-order chi connectivity index (χ1) is 13.3. The van der Waals surface area contributed by atoms with E-state index in [9.17, 15) is 18.8 Å². The highest BCUT2D eigenvalue weighted by Crippen LogP contribution is 2.52. The predicted octanol–water partition coefficient (Wildman–Crippen LogP) is 1.42. The van der Waals surface area contributed by atoms with Crippen LogP contribution in [0.25, 0.3) is 0 Å². The number of hydrogen-bond acceptors (Lipinski definition) is 5. The third kappa shape index (κ3) is 2.88. The normalized spacial score (nSPS) is 29.9. The molecule has 1 aromatic rings. The standard InChI is InChI=1S/C20H21FN2O5/c1-3-27-15(24)9-23-10-20-7-6-14(28-20)16(17(20)19(23)26)18(25)22-12-4-5-13(21)11(2)8-12/h4-8,14,16-17H,3,9-10H2,1-2H3,(H,22,25)/t14-,16+,17-,20?/m1/s1. The molecule has 2 fully saturated rings. The zero-order valence-corrected chi connectivity index (χ0v) is 15.6. The fourth-order valence-corrected chi connectivity index (χ4v) is 4.32. The Morgan fingerprint density at radius 2 is 2.21 bits per heavy atom. The number of aryl methyl sites for hydroxylation is 1. The van der Waals surface area contributed by atoms with E-state index in [1.165, 1.54) is 23.1 Å². The topological polar surface area (TPSA) is 84.9 Å². The number of halogens is 1. The van der Waals surface area contributed by atoms with Crippen molar-refractivity contribution < 1.29 is 28.2 Å². The molecule has 7 nitrogen and oxygen atoms in total. The number of carbonyl (C=O) groups is 3. The Bertz CT molecular complexity index is 885. The van der Waals surface area contributed by atoms with E-state index in [-0.39, 0.29) is 37.3 Å². The van der Waals surface area contributed by atoms with Gasteiger partial charge in [-0.2, -0.15) is 0 Å². The summed E-state index contributed by atoms with van der Waals surface area (Å²) < 4.78 is 24.4. The highest BCUT2D eigenvalue weighted by molar-refractivity contribution is 5.99. The number of nitrogens with zero attached hydrogens (tertiary/aromatic N) is 1. The quantitative estimate of drug-likeness (QED) is 0.609. The average molecular weight is 388 g/mol. The van der Waals surface area contributed by atoms with Gasteiger partial charge in [-0.3, -0.25) is 14.4 Å². The molecular formula is C20H21FN2O5. The molecule has 1 N–H and O–H groups in total. The third-order valence-corrected chi connectivity index (χ3v) is 5.53. The van der Waals surface area contributed by atoms with Crippen LogP contribution in [0.15, 0.2) is 30.4 Å². The van der Waals surface area contributed by atoms with Gasteiger partial charge < -0.3 is 19.7 Å². The largest absolute Gasteiger partial charge is 0.465 e. The number of ether oxygens (including phenoxy) is 2. The maximum Gasteiger partial charge on any atom is 0.325 e. The lowest BCUT2D eigenvalue weighted by Crippen LogP contribution is -2.41. The van der Waals surface area contributed by atoms with Gasteiger partial charge in [0.1, 0.15) is 18.0 Å². The fraction of sp³-hybridized carbons (Fsp3) is 0.450. The van der Waals surface area contributed by atoms with Gasteiger partial charge in [-0.05, 0) is 37.6 Å². The zero-order valence-electron chi connectivity index (χ0n) is 15.6. The number of hydrogen-bond donors (Lipinski definition) is 1. The lowest BCUT2D eigenvalue weighted by atomic mass is 9.77. The van der Waals surface area contributed by atoms with Crippen LogP contribution < -0.4 is 5.32 Å². The van der Waals surface area contributed by atoms with Crippen molar-refractivity contribution in [2.24, 2.45) is 11.8 Å². The third-order valence-electron chi connectivity index (χ3n) is 5.53. The first-order valence-corrected chi connectivity index (χ1v) is 9.23. The Labute approximate surface area is 161 Å². The number of amides is 2. The molecule has 1 unspecified atom stereocenters. The SMILES string of the molecule is CCOC(=O)CN1CC23C=C[C@@H](O2)[C@H](C(=O)Nc2ccc(F)c(C)c2)[C@@H]3C1=O. The zero-order chi connectivity index (χ0) is 20.1. The van der Waals surface area contributed by atoms with Crippen LogP contribution in [0.4, 0.5) is 10.1 Å². The molecular weight excluding hydrogens is 367 g/mol. The van der Waals surface area contributed by atoms with Gasteiger partial charge in [0.2, 0.25) is 11.8 Å². The van der Waals surface area contributed by atoms with Crippen molar-refractivity contribution in [1.82, 2.24) is 4.90 Å². The van der Waals surface area contributed by atoms with Gasteiger partial charge in [0.25, 0.3) is 0 Å². The van der Waals surface area contributed by atoms with Gasteiger partial charge in [0, 0.05) is 5.69 Å². The van der Waals surface area contributed by atoms with Crippen molar-refractivity contribution in [3.8, 4) is 0 Å². The summed E-state index contributed by atoms with van der Waals surface area (Å²) in [5.41, 5.74) is -0.0240. The number of fused-ring (bicyclic) bond motifs is 1. The second-order valence-corrected chi connectivity index (χ2v) is 7.35. The summed E-state index contributed by atoms with van der Waals surface area (Å²) in [6, 6.07) is 4.30. The summed E-state index contributed by atoms with van der Waals surface area (Å²) in [5.74, 6) is -2.92. The molecule has 148 valence electrons. The van der Waals surface area contributed by atoms with E-state index in [2.05, 4.69) is 5.32 Å². The van der Waals surface area contributed by atoms with Crippen LogP contribution in [0.3, 0.4) is 0 Å². The highest BCUT2D eigenvalue weighted by Gasteiger charge is 2.66. The molecule has 0 saturated carbocycles. The average Bonchev–Trinajstić information content (AvgIpc) is 3.27. The van der Waals surface area contributed by atoms with E-state index in [1.54, 1.807) is 19.9 Å². The maximum atomic E-state index is 13.5. The molecule has 3 heterocycles. The number of nitrogens with one attached hydrogen (secondary N) is 1. The molecule has 1 aromatic carbocycles. The Morgan fingerprint density at radius 1 is 1.43 bits per heavy atom. The van der Waals surface area contributed by atoms with E-state index >= 15 is 0 Å². The van der Waals surface area contributed by atoms with Gasteiger partial charge in [-0.25, -0.2) is 4.39 Å². The van der Waals surface area contributed by atoms with Crippen LogP contribution in [0.5, 0.6) is 0 Å². The molecule has 1 spiro atoms. The molecule has 2 bridgehead atoms. The van der Waals surface area contributed by atoms with Gasteiger partial charge in [0.05, 0.1) is 31.1 Å². The smallest absolute Gasteiger partial charge is 0.325 e. The van der Waals surface area contributed by atoms with Crippen molar-refractivity contribution >= 4 is 23.5 Å². The van der Waals surface area contributed by atoms with Crippen molar-refractivity contribution in [3.05, 3.63) is 41.7 Å². The van der Waals surface area contributed by atoms with Crippen LogP contribution in [-0.4, -0.2) is 54.1 Å². The molecule has 3 aliphatic rings. The molecule has 4 rings (SSSR count). The molecule has 0 radical (unpaired) electrons. The summed E-state index contributed by atoms with van der Waals surface area (Å²) in [5, 5.41) is 2.76. The number of anilines is 1. The summed E-state index contributed by atoms with van der Waals surface area (Å²) in [4.78, 5) is 39.1.